The molecule has 0 aromatic heterocycles. The summed E-state index contributed by atoms with van der Waals surface area (Å²) < 4.78 is 51.4. The maximum atomic E-state index is 13.1. The van der Waals surface area contributed by atoms with Gasteiger partial charge in [-0.1, -0.05) is 12.8 Å². The van der Waals surface area contributed by atoms with Gasteiger partial charge in [0, 0.05) is 6.04 Å². The smallest absolute Gasteiger partial charge is 0.324 e. The molecule has 0 spiro atoms. The van der Waals surface area contributed by atoms with Crippen molar-refractivity contribution in [1.82, 2.24) is 0 Å². The van der Waals surface area contributed by atoms with Gasteiger partial charge in [0.25, 0.3) is 0 Å². The van der Waals surface area contributed by atoms with Crippen LogP contribution in [0.2, 0.25) is 0 Å². The molecule has 0 bridgehead atoms. The molecule has 18 heavy (non-hydrogen) atoms. The van der Waals surface area contributed by atoms with Gasteiger partial charge in [-0.05, 0) is 42.5 Å². The van der Waals surface area contributed by atoms with Crippen molar-refractivity contribution in [3.8, 4) is 0 Å². The summed E-state index contributed by atoms with van der Waals surface area (Å²) in [6.07, 6.45) is -0.948. The summed E-state index contributed by atoms with van der Waals surface area (Å²) in [5.41, 5.74) is 4.81. The Morgan fingerprint density at radius 3 is 2.50 bits per heavy atom. The highest BCUT2D eigenvalue weighted by atomic mass is 19.4. The normalized spacial score (nSPS) is 17.8. The van der Waals surface area contributed by atoms with Gasteiger partial charge in [0.05, 0.1) is 5.56 Å². The molecule has 2 N–H and O–H groups in total. The van der Waals surface area contributed by atoms with E-state index in [0.717, 1.165) is 37.5 Å². The standard InChI is InChI=1S/C13H15F4N/c14-9-4-5-11(13(15,16)17)10(7-9)12(18)6-3-8-1-2-8/h4-5,7-8,12H,1-3,6,18H2. The molecule has 1 aliphatic carbocycles. The fourth-order valence-electron chi connectivity index (χ4n) is 2.08. The Hall–Kier alpha value is -1.10. The van der Waals surface area contributed by atoms with Crippen molar-refractivity contribution < 1.29 is 17.6 Å². The summed E-state index contributed by atoms with van der Waals surface area (Å²) in [7, 11) is 0. The molecule has 1 nitrogen and oxygen atoms in total. The molecule has 2 rings (SSSR count). The second-order valence-electron chi connectivity index (χ2n) is 4.86. The van der Waals surface area contributed by atoms with Crippen molar-refractivity contribution in [3.63, 3.8) is 0 Å². The number of nitrogens with two attached hydrogens (primary N) is 1. The number of benzene rings is 1. The first-order valence-corrected chi connectivity index (χ1v) is 6.00. The number of alkyl halides is 3. The maximum Gasteiger partial charge on any atom is 0.416 e. The highest BCUT2D eigenvalue weighted by molar-refractivity contribution is 5.32. The van der Waals surface area contributed by atoms with Gasteiger partial charge in [0.15, 0.2) is 0 Å². The van der Waals surface area contributed by atoms with Crippen LogP contribution < -0.4 is 5.73 Å². The van der Waals surface area contributed by atoms with Crippen LogP contribution >= 0.6 is 0 Å². The molecule has 1 atom stereocenters. The van der Waals surface area contributed by atoms with E-state index in [1.807, 2.05) is 0 Å². The van der Waals surface area contributed by atoms with E-state index in [-0.39, 0.29) is 5.56 Å². The third kappa shape index (κ3) is 3.22. The molecule has 5 heteroatoms. The first-order chi connectivity index (χ1) is 8.38. The SMILES string of the molecule is NC(CCC1CC1)c1cc(F)ccc1C(F)(F)F. The zero-order valence-electron chi connectivity index (χ0n) is 9.80. The molecule has 1 unspecified atom stereocenters. The lowest BCUT2D eigenvalue weighted by molar-refractivity contribution is -0.138. The van der Waals surface area contributed by atoms with Crippen LogP contribution in [0.3, 0.4) is 0 Å². The number of rotatable bonds is 4. The largest absolute Gasteiger partial charge is 0.416 e. The van der Waals surface area contributed by atoms with Gasteiger partial charge in [-0.2, -0.15) is 13.2 Å². The summed E-state index contributed by atoms with van der Waals surface area (Å²) >= 11 is 0. The van der Waals surface area contributed by atoms with E-state index in [2.05, 4.69) is 0 Å². The van der Waals surface area contributed by atoms with Gasteiger partial charge in [0.1, 0.15) is 5.82 Å². The molecule has 0 aliphatic heterocycles. The van der Waals surface area contributed by atoms with Crippen LogP contribution in [-0.2, 0) is 6.18 Å². The van der Waals surface area contributed by atoms with Crippen LogP contribution in [0.25, 0.3) is 0 Å². The Morgan fingerprint density at radius 1 is 1.28 bits per heavy atom. The molecule has 1 fully saturated rings. The van der Waals surface area contributed by atoms with Crippen molar-refractivity contribution in [2.45, 2.75) is 37.9 Å². The highest BCUT2D eigenvalue weighted by Gasteiger charge is 2.35. The minimum absolute atomic E-state index is 0.136. The van der Waals surface area contributed by atoms with Crippen molar-refractivity contribution in [3.05, 3.63) is 35.1 Å². The number of halogens is 4. The van der Waals surface area contributed by atoms with Gasteiger partial charge in [-0.15, -0.1) is 0 Å². The number of hydrogen-bond acceptors (Lipinski definition) is 1. The van der Waals surface area contributed by atoms with Gasteiger partial charge in [0.2, 0.25) is 0 Å². The van der Waals surface area contributed by atoms with Crippen molar-refractivity contribution in [1.29, 1.82) is 0 Å². The summed E-state index contributed by atoms with van der Waals surface area (Å²) in [4.78, 5) is 0. The fraction of sp³-hybridized carbons (Fsp3) is 0.538. The topological polar surface area (TPSA) is 26.0 Å². The predicted molar refractivity (Wildman–Crippen MR) is 60.3 cm³/mol. The zero-order valence-corrected chi connectivity index (χ0v) is 9.80. The first kappa shape index (κ1) is 13.3. The average Bonchev–Trinajstić information content (AvgIpc) is 3.07. The van der Waals surface area contributed by atoms with Gasteiger partial charge in [-0.3, -0.25) is 0 Å². The molecule has 0 heterocycles. The highest BCUT2D eigenvalue weighted by Crippen LogP contribution is 2.38. The molecule has 0 amide bonds. The van der Waals surface area contributed by atoms with Crippen LogP contribution in [0.4, 0.5) is 17.6 Å². The first-order valence-electron chi connectivity index (χ1n) is 6.00. The molecule has 1 aromatic carbocycles. The van der Waals surface area contributed by atoms with Crippen molar-refractivity contribution in [2.75, 3.05) is 0 Å². The third-order valence-electron chi connectivity index (χ3n) is 3.30. The summed E-state index contributed by atoms with van der Waals surface area (Å²) in [6.45, 7) is 0. The second kappa shape index (κ2) is 4.88. The Labute approximate surface area is 103 Å². The lowest BCUT2D eigenvalue weighted by Crippen LogP contribution is -2.18. The van der Waals surface area contributed by atoms with Crippen LogP contribution in [-0.4, -0.2) is 0 Å². The Balaban J connectivity index is 2.19. The van der Waals surface area contributed by atoms with E-state index in [0.29, 0.717) is 12.3 Å². The number of hydrogen-bond donors (Lipinski definition) is 1. The van der Waals surface area contributed by atoms with Gasteiger partial charge in [-0.25, -0.2) is 4.39 Å². The van der Waals surface area contributed by atoms with Gasteiger partial charge < -0.3 is 5.73 Å². The molecular weight excluding hydrogens is 246 g/mol. The monoisotopic (exact) mass is 261 g/mol. The Kier molecular flexibility index (Phi) is 3.61. The lowest BCUT2D eigenvalue weighted by atomic mass is 9.96. The van der Waals surface area contributed by atoms with Crippen LogP contribution in [0.5, 0.6) is 0 Å². The van der Waals surface area contributed by atoms with E-state index >= 15 is 0 Å². The molecule has 1 aliphatic rings. The molecule has 1 aromatic rings. The van der Waals surface area contributed by atoms with Crippen molar-refractivity contribution >= 4 is 0 Å². The summed E-state index contributed by atoms with van der Waals surface area (Å²) in [5.74, 6) is -0.0844. The second-order valence-corrected chi connectivity index (χ2v) is 4.86. The average molecular weight is 261 g/mol. The Morgan fingerprint density at radius 2 is 1.94 bits per heavy atom. The minimum Gasteiger partial charge on any atom is -0.324 e. The van der Waals surface area contributed by atoms with E-state index in [4.69, 9.17) is 5.73 Å². The van der Waals surface area contributed by atoms with Crippen LogP contribution in [0.15, 0.2) is 18.2 Å². The van der Waals surface area contributed by atoms with E-state index in [1.54, 1.807) is 0 Å². The zero-order chi connectivity index (χ0) is 13.3. The van der Waals surface area contributed by atoms with Crippen LogP contribution in [0, 0.1) is 11.7 Å². The van der Waals surface area contributed by atoms with Crippen LogP contribution in [0.1, 0.15) is 42.9 Å². The predicted octanol–water partition coefficient (Wildman–Crippen LogP) is 4.03. The van der Waals surface area contributed by atoms with E-state index in [1.165, 1.54) is 0 Å². The molecule has 100 valence electrons. The molecule has 0 saturated heterocycles. The molecular formula is C13H15F4N. The maximum absolute atomic E-state index is 13.1. The lowest BCUT2D eigenvalue weighted by Gasteiger charge is -2.18. The Bertz CT molecular complexity index is 423. The fourth-order valence-corrected chi connectivity index (χ4v) is 2.08. The van der Waals surface area contributed by atoms with Crippen molar-refractivity contribution in [2.24, 2.45) is 11.7 Å². The van der Waals surface area contributed by atoms with E-state index in [9.17, 15) is 17.6 Å². The molecule has 1 saturated carbocycles. The van der Waals surface area contributed by atoms with Gasteiger partial charge >= 0.3 is 6.18 Å². The third-order valence-corrected chi connectivity index (χ3v) is 3.30. The van der Waals surface area contributed by atoms with E-state index < -0.39 is 23.6 Å². The summed E-state index contributed by atoms with van der Waals surface area (Å²) in [6, 6.07) is 1.74. The molecule has 0 radical (unpaired) electrons. The minimum atomic E-state index is -4.49. The quantitative estimate of drug-likeness (QED) is 0.813. The summed E-state index contributed by atoms with van der Waals surface area (Å²) in [5, 5.41) is 0.